The molecule has 1 unspecified atom stereocenters. The third-order valence-electron chi connectivity index (χ3n) is 3.66. The van der Waals surface area contributed by atoms with E-state index in [9.17, 15) is 0 Å². The zero-order valence-corrected chi connectivity index (χ0v) is 11.8. The molecule has 0 aliphatic heterocycles. The standard InChI is InChI=1S/C16H19NOS/c17-10-13-8-9-14(19-13)11-18-16-7-3-5-12-4-1-2-6-15(12)16/h1-2,4,6,8-9,16H,3,5,7,10-11,17H2. The summed E-state index contributed by atoms with van der Waals surface area (Å²) in [5.41, 5.74) is 8.47. The van der Waals surface area contributed by atoms with Crippen LogP contribution in [0, 0.1) is 0 Å². The highest BCUT2D eigenvalue weighted by molar-refractivity contribution is 7.11. The summed E-state index contributed by atoms with van der Waals surface area (Å²) >= 11 is 1.75. The van der Waals surface area contributed by atoms with Crippen LogP contribution in [0.5, 0.6) is 0 Å². The molecule has 0 spiro atoms. The van der Waals surface area contributed by atoms with Crippen LogP contribution in [-0.4, -0.2) is 0 Å². The summed E-state index contributed by atoms with van der Waals surface area (Å²) in [5.74, 6) is 0. The topological polar surface area (TPSA) is 35.2 Å². The van der Waals surface area contributed by atoms with Gasteiger partial charge in [-0.1, -0.05) is 24.3 Å². The molecule has 1 heterocycles. The molecule has 3 rings (SSSR count). The first-order chi connectivity index (χ1) is 9.36. The molecule has 0 amide bonds. The maximum Gasteiger partial charge on any atom is 0.0832 e. The van der Waals surface area contributed by atoms with Gasteiger partial charge in [-0.05, 0) is 42.5 Å². The number of fused-ring (bicyclic) bond motifs is 1. The van der Waals surface area contributed by atoms with Gasteiger partial charge in [-0.2, -0.15) is 0 Å². The molecule has 19 heavy (non-hydrogen) atoms. The van der Waals surface area contributed by atoms with Crippen LogP contribution < -0.4 is 5.73 Å². The van der Waals surface area contributed by atoms with E-state index < -0.39 is 0 Å². The van der Waals surface area contributed by atoms with Crippen molar-refractivity contribution in [1.29, 1.82) is 0 Å². The number of hydrogen-bond donors (Lipinski definition) is 1. The fourth-order valence-electron chi connectivity index (χ4n) is 2.67. The molecule has 2 aromatic rings. The molecule has 0 fully saturated rings. The summed E-state index contributed by atoms with van der Waals surface area (Å²) in [5, 5.41) is 0. The summed E-state index contributed by atoms with van der Waals surface area (Å²) in [6, 6.07) is 12.9. The molecule has 1 aromatic heterocycles. The van der Waals surface area contributed by atoms with Crippen LogP contribution >= 0.6 is 11.3 Å². The Labute approximate surface area is 118 Å². The van der Waals surface area contributed by atoms with Gasteiger partial charge in [0, 0.05) is 16.3 Å². The van der Waals surface area contributed by atoms with Crippen LogP contribution in [0.25, 0.3) is 0 Å². The molecule has 1 aromatic carbocycles. The molecule has 2 N–H and O–H groups in total. The molecule has 1 aliphatic rings. The summed E-state index contributed by atoms with van der Waals surface area (Å²) in [7, 11) is 0. The van der Waals surface area contributed by atoms with Crippen molar-refractivity contribution < 1.29 is 4.74 Å². The van der Waals surface area contributed by atoms with E-state index in [-0.39, 0.29) is 6.10 Å². The molecule has 1 aliphatic carbocycles. The second-order valence-corrected chi connectivity index (χ2v) is 6.22. The Bertz CT molecular complexity index is 549. The molecular formula is C16H19NOS. The minimum Gasteiger partial charge on any atom is -0.368 e. The number of rotatable bonds is 4. The maximum atomic E-state index is 6.12. The average Bonchev–Trinajstić information content (AvgIpc) is 2.93. The van der Waals surface area contributed by atoms with E-state index in [1.54, 1.807) is 11.3 Å². The van der Waals surface area contributed by atoms with Crippen LogP contribution in [-0.2, 0) is 24.3 Å². The van der Waals surface area contributed by atoms with E-state index in [0.29, 0.717) is 13.2 Å². The highest BCUT2D eigenvalue weighted by atomic mass is 32.1. The van der Waals surface area contributed by atoms with Crippen LogP contribution in [0.4, 0.5) is 0 Å². The first-order valence-corrected chi connectivity index (χ1v) is 7.65. The smallest absolute Gasteiger partial charge is 0.0832 e. The van der Waals surface area contributed by atoms with Crippen LogP contribution in [0.2, 0.25) is 0 Å². The number of hydrogen-bond acceptors (Lipinski definition) is 3. The molecule has 0 bridgehead atoms. The van der Waals surface area contributed by atoms with E-state index in [1.807, 2.05) is 0 Å². The maximum absolute atomic E-state index is 6.12. The zero-order valence-electron chi connectivity index (χ0n) is 11.0. The quantitative estimate of drug-likeness (QED) is 0.919. The van der Waals surface area contributed by atoms with Crippen molar-refractivity contribution in [3.8, 4) is 0 Å². The van der Waals surface area contributed by atoms with Gasteiger partial charge in [0.05, 0.1) is 12.7 Å². The fourth-order valence-corrected chi connectivity index (χ4v) is 3.49. The Morgan fingerprint density at radius 1 is 1.16 bits per heavy atom. The summed E-state index contributed by atoms with van der Waals surface area (Å²) in [4.78, 5) is 2.49. The van der Waals surface area contributed by atoms with Gasteiger partial charge in [0.1, 0.15) is 0 Å². The molecule has 0 radical (unpaired) electrons. The highest BCUT2D eigenvalue weighted by Gasteiger charge is 2.20. The normalized spacial score (nSPS) is 18.3. The lowest BCUT2D eigenvalue weighted by Gasteiger charge is -2.25. The molecule has 0 saturated carbocycles. The van der Waals surface area contributed by atoms with E-state index in [0.717, 1.165) is 6.42 Å². The molecule has 1 atom stereocenters. The number of aryl methyl sites for hydroxylation is 1. The predicted molar refractivity (Wildman–Crippen MR) is 79.1 cm³/mol. The largest absolute Gasteiger partial charge is 0.368 e. The van der Waals surface area contributed by atoms with Gasteiger partial charge in [0.2, 0.25) is 0 Å². The number of ether oxygens (including phenoxy) is 1. The Morgan fingerprint density at radius 3 is 2.84 bits per heavy atom. The third-order valence-corrected chi connectivity index (χ3v) is 4.74. The van der Waals surface area contributed by atoms with E-state index >= 15 is 0 Å². The molecular weight excluding hydrogens is 254 g/mol. The zero-order chi connectivity index (χ0) is 13.1. The van der Waals surface area contributed by atoms with Gasteiger partial charge >= 0.3 is 0 Å². The van der Waals surface area contributed by atoms with Crippen molar-refractivity contribution in [3.63, 3.8) is 0 Å². The van der Waals surface area contributed by atoms with Crippen LogP contribution in [0.1, 0.15) is 39.8 Å². The summed E-state index contributed by atoms with van der Waals surface area (Å²) < 4.78 is 6.12. The Hall–Kier alpha value is -1.16. The Kier molecular flexibility index (Phi) is 3.97. The average molecular weight is 273 g/mol. The first-order valence-electron chi connectivity index (χ1n) is 6.84. The highest BCUT2D eigenvalue weighted by Crippen LogP contribution is 2.33. The SMILES string of the molecule is NCc1ccc(COC2CCCc3ccccc32)s1. The first kappa shape index (κ1) is 12.9. The summed E-state index contributed by atoms with van der Waals surface area (Å²) in [6.45, 7) is 1.32. The van der Waals surface area contributed by atoms with Crippen molar-refractivity contribution in [1.82, 2.24) is 0 Å². The Balaban J connectivity index is 1.68. The van der Waals surface area contributed by atoms with Crippen LogP contribution in [0.15, 0.2) is 36.4 Å². The lowest BCUT2D eigenvalue weighted by molar-refractivity contribution is 0.0297. The van der Waals surface area contributed by atoms with Gasteiger partial charge in [0.15, 0.2) is 0 Å². The second kappa shape index (κ2) is 5.87. The number of thiophene rings is 1. The number of nitrogens with two attached hydrogens (primary N) is 1. The van der Waals surface area contributed by atoms with Gasteiger partial charge in [-0.15, -0.1) is 11.3 Å². The van der Waals surface area contributed by atoms with E-state index in [1.165, 1.54) is 33.7 Å². The molecule has 3 heteroatoms. The lowest BCUT2D eigenvalue weighted by atomic mass is 9.89. The van der Waals surface area contributed by atoms with Crippen molar-refractivity contribution in [2.24, 2.45) is 5.73 Å². The fraction of sp³-hybridized carbons (Fsp3) is 0.375. The molecule has 2 nitrogen and oxygen atoms in total. The molecule has 100 valence electrons. The lowest BCUT2D eigenvalue weighted by Crippen LogP contribution is -2.12. The third kappa shape index (κ3) is 2.89. The van der Waals surface area contributed by atoms with Gasteiger partial charge in [0.25, 0.3) is 0 Å². The van der Waals surface area contributed by atoms with Gasteiger partial charge in [-0.25, -0.2) is 0 Å². The van der Waals surface area contributed by atoms with Gasteiger partial charge in [-0.3, -0.25) is 0 Å². The van der Waals surface area contributed by atoms with Crippen LogP contribution in [0.3, 0.4) is 0 Å². The predicted octanol–water partition coefficient (Wildman–Crippen LogP) is 3.80. The van der Waals surface area contributed by atoms with Crippen molar-refractivity contribution in [3.05, 3.63) is 57.3 Å². The Morgan fingerprint density at radius 2 is 2.00 bits per heavy atom. The summed E-state index contributed by atoms with van der Waals surface area (Å²) in [6.07, 6.45) is 3.80. The van der Waals surface area contributed by atoms with Crippen molar-refractivity contribution >= 4 is 11.3 Å². The second-order valence-electron chi connectivity index (χ2n) is 4.96. The number of benzene rings is 1. The minimum atomic E-state index is 0.258. The van der Waals surface area contributed by atoms with E-state index in [4.69, 9.17) is 10.5 Å². The van der Waals surface area contributed by atoms with E-state index in [2.05, 4.69) is 36.4 Å². The monoisotopic (exact) mass is 273 g/mol. The minimum absolute atomic E-state index is 0.258. The molecule has 0 saturated heterocycles. The van der Waals surface area contributed by atoms with Gasteiger partial charge < -0.3 is 10.5 Å². The van der Waals surface area contributed by atoms with Crippen molar-refractivity contribution in [2.45, 2.75) is 38.5 Å². The van der Waals surface area contributed by atoms with Crippen molar-refractivity contribution in [2.75, 3.05) is 0 Å².